The van der Waals surface area contributed by atoms with Gasteiger partial charge in [0.15, 0.2) is 0 Å². The molecule has 1 aromatic rings. The van der Waals surface area contributed by atoms with Gasteiger partial charge in [-0.3, -0.25) is 0 Å². The summed E-state index contributed by atoms with van der Waals surface area (Å²) >= 11 is 6.98. The molecule has 5 atom stereocenters. The van der Waals surface area contributed by atoms with Crippen LogP contribution in [0.3, 0.4) is 0 Å². The van der Waals surface area contributed by atoms with Gasteiger partial charge >= 0.3 is 0 Å². The fourth-order valence-electron chi connectivity index (χ4n) is 1.90. The number of nitrogens with two attached hydrogens (primary N) is 1. The summed E-state index contributed by atoms with van der Waals surface area (Å²) in [5.74, 6) is 0. The van der Waals surface area contributed by atoms with Crippen molar-refractivity contribution < 1.29 is 20.1 Å². The standard InChI is InChI=1S/C10H14ClNO4S/c1-10(15,4-2-3-5(11)17-4)8-6(13)7(14)9(12)16-8/h2-3,6-9,13-15H,12H2,1H3/t6-,7+,8-,9+,10+/m0/s1. The van der Waals surface area contributed by atoms with Crippen LogP contribution >= 0.6 is 22.9 Å². The molecule has 1 aliphatic heterocycles. The van der Waals surface area contributed by atoms with Crippen LogP contribution in [0.1, 0.15) is 11.8 Å². The molecule has 1 aliphatic rings. The Hall–Kier alpha value is -0.210. The van der Waals surface area contributed by atoms with Crippen LogP contribution in [0.2, 0.25) is 4.34 Å². The zero-order valence-corrected chi connectivity index (χ0v) is 10.6. The number of aliphatic hydroxyl groups excluding tert-OH is 2. The van der Waals surface area contributed by atoms with E-state index in [-0.39, 0.29) is 0 Å². The highest BCUT2D eigenvalue weighted by atomic mass is 35.5. The van der Waals surface area contributed by atoms with E-state index in [9.17, 15) is 15.3 Å². The van der Waals surface area contributed by atoms with E-state index in [0.717, 1.165) is 0 Å². The van der Waals surface area contributed by atoms with Crippen molar-refractivity contribution in [1.82, 2.24) is 0 Å². The lowest BCUT2D eigenvalue weighted by atomic mass is 9.92. The van der Waals surface area contributed by atoms with E-state index in [4.69, 9.17) is 22.1 Å². The molecular formula is C10H14ClNO4S. The minimum atomic E-state index is -1.45. The van der Waals surface area contributed by atoms with Gasteiger partial charge in [-0.1, -0.05) is 11.6 Å². The maximum atomic E-state index is 10.4. The Labute approximate surface area is 107 Å². The molecule has 17 heavy (non-hydrogen) atoms. The number of rotatable bonds is 2. The van der Waals surface area contributed by atoms with Crippen LogP contribution in [0.25, 0.3) is 0 Å². The summed E-state index contributed by atoms with van der Waals surface area (Å²) in [6.45, 7) is 1.49. The van der Waals surface area contributed by atoms with E-state index < -0.39 is 30.1 Å². The van der Waals surface area contributed by atoms with Crippen molar-refractivity contribution in [3.05, 3.63) is 21.3 Å². The second kappa shape index (κ2) is 4.47. The summed E-state index contributed by atoms with van der Waals surface area (Å²) in [4.78, 5) is 0.549. The molecule has 0 aromatic carbocycles. The second-order valence-electron chi connectivity index (χ2n) is 4.25. The molecule has 0 unspecified atom stereocenters. The third-order valence-corrected chi connectivity index (χ3v) is 4.38. The number of ether oxygens (including phenoxy) is 1. The SMILES string of the molecule is C[C@@](O)(c1ccc(Cl)s1)[C@H]1O[C@@H](N)[C@H](O)[C@@H]1O. The van der Waals surface area contributed by atoms with E-state index in [1.54, 1.807) is 12.1 Å². The zero-order chi connectivity index (χ0) is 12.8. The number of thiophene rings is 1. The molecule has 1 saturated heterocycles. The Morgan fingerprint density at radius 3 is 2.47 bits per heavy atom. The minimum Gasteiger partial charge on any atom is -0.387 e. The van der Waals surface area contributed by atoms with Crippen LogP contribution in [-0.2, 0) is 10.3 Å². The van der Waals surface area contributed by atoms with Crippen molar-refractivity contribution in [1.29, 1.82) is 0 Å². The fraction of sp³-hybridized carbons (Fsp3) is 0.600. The van der Waals surface area contributed by atoms with Crippen molar-refractivity contribution in [2.45, 2.75) is 37.1 Å². The molecule has 0 bridgehead atoms. The number of halogens is 1. The van der Waals surface area contributed by atoms with Crippen LogP contribution in [0.5, 0.6) is 0 Å². The van der Waals surface area contributed by atoms with Gasteiger partial charge in [-0.2, -0.15) is 0 Å². The van der Waals surface area contributed by atoms with Crippen molar-refractivity contribution >= 4 is 22.9 Å². The highest BCUT2D eigenvalue weighted by Crippen LogP contribution is 2.38. The summed E-state index contributed by atoms with van der Waals surface area (Å²) in [6.07, 6.45) is -4.43. The summed E-state index contributed by atoms with van der Waals surface area (Å²) in [5, 5.41) is 29.7. The largest absolute Gasteiger partial charge is 0.387 e. The third kappa shape index (κ3) is 2.22. The topological polar surface area (TPSA) is 95.9 Å². The van der Waals surface area contributed by atoms with Gasteiger partial charge in [-0.15, -0.1) is 11.3 Å². The predicted octanol–water partition coefficient (Wildman–Crippen LogP) is 0.0144. The highest BCUT2D eigenvalue weighted by Gasteiger charge is 2.50. The molecule has 96 valence electrons. The molecule has 0 saturated carbocycles. The fourth-order valence-corrected chi connectivity index (χ4v) is 3.01. The van der Waals surface area contributed by atoms with Crippen molar-refractivity contribution in [2.24, 2.45) is 5.73 Å². The van der Waals surface area contributed by atoms with Gasteiger partial charge in [0.1, 0.15) is 30.1 Å². The molecule has 2 rings (SSSR count). The van der Waals surface area contributed by atoms with E-state index in [2.05, 4.69) is 0 Å². The average Bonchev–Trinajstić information content (AvgIpc) is 2.79. The van der Waals surface area contributed by atoms with Crippen molar-refractivity contribution in [3.63, 3.8) is 0 Å². The molecule has 0 radical (unpaired) electrons. The van der Waals surface area contributed by atoms with Crippen LogP contribution in [0, 0.1) is 0 Å². The maximum absolute atomic E-state index is 10.4. The van der Waals surface area contributed by atoms with Gasteiger partial charge < -0.3 is 25.8 Å². The molecule has 2 heterocycles. The van der Waals surface area contributed by atoms with E-state index in [0.29, 0.717) is 9.21 Å². The van der Waals surface area contributed by atoms with Crippen LogP contribution in [0.4, 0.5) is 0 Å². The molecule has 5 nitrogen and oxygen atoms in total. The molecule has 0 amide bonds. The lowest BCUT2D eigenvalue weighted by Crippen LogP contribution is -2.44. The molecule has 0 spiro atoms. The monoisotopic (exact) mass is 279 g/mol. The first kappa shape index (κ1) is 13.2. The lowest BCUT2D eigenvalue weighted by Gasteiger charge is -2.30. The van der Waals surface area contributed by atoms with Gasteiger partial charge in [0.2, 0.25) is 0 Å². The van der Waals surface area contributed by atoms with E-state index in [1.807, 2.05) is 0 Å². The normalized spacial score (nSPS) is 37.1. The van der Waals surface area contributed by atoms with Gasteiger partial charge in [0.25, 0.3) is 0 Å². The molecule has 5 N–H and O–H groups in total. The molecule has 0 aliphatic carbocycles. The van der Waals surface area contributed by atoms with Gasteiger partial charge in [-0.25, -0.2) is 0 Å². The van der Waals surface area contributed by atoms with Crippen molar-refractivity contribution in [2.75, 3.05) is 0 Å². The highest BCUT2D eigenvalue weighted by molar-refractivity contribution is 7.16. The van der Waals surface area contributed by atoms with Crippen molar-refractivity contribution in [3.8, 4) is 0 Å². The number of aliphatic hydroxyl groups is 3. The Bertz CT molecular complexity index is 411. The predicted molar refractivity (Wildman–Crippen MR) is 63.8 cm³/mol. The number of hydrogen-bond acceptors (Lipinski definition) is 6. The molecular weight excluding hydrogens is 266 g/mol. The Kier molecular flexibility index (Phi) is 3.48. The molecule has 1 fully saturated rings. The quantitative estimate of drug-likeness (QED) is 0.612. The zero-order valence-electron chi connectivity index (χ0n) is 9.08. The first-order valence-corrected chi connectivity index (χ1v) is 6.29. The third-order valence-electron chi connectivity index (χ3n) is 2.93. The number of hydrogen-bond donors (Lipinski definition) is 4. The van der Waals surface area contributed by atoms with E-state index in [1.165, 1.54) is 18.3 Å². The van der Waals surface area contributed by atoms with Gasteiger partial charge in [0.05, 0.1) is 4.34 Å². The Morgan fingerprint density at radius 2 is 2.06 bits per heavy atom. The average molecular weight is 280 g/mol. The summed E-state index contributed by atoms with van der Waals surface area (Å²) in [6, 6.07) is 3.30. The lowest BCUT2D eigenvalue weighted by molar-refractivity contribution is -0.122. The molecule has 7 heteroatoms. The maximum Gasteiger partial charge on any atom is 0.135 e. The van der Waals surface area contributed by atoms with Crippen LogP contribution in [0.15, 0.2) is 12.1 Å². The Balaban J connectivity index is 2.27. The first-order chi connectivity index (χ1) is 7.84. The summed E-state index contributed by atoms with van der Waals surface area (Å²) < 4.78 is 5.73. The molecule has 1 aromatic heterocycles. The van der Waals surface area contributed by atoms with Gasteiger partial charge in [-0.05, 0) is 19.1 Å². The smallest absolute Gasteiger partial charge is 0.135 e. The Morgan fingerprint density at radius 1 is 1.41 bits per heavy atom. The van der Waals surface area contributed by atoms with Crippen LogP contribution in [-0.4, -0.2) is 39.9 Å². The minimum absolute atomic E-state index is 0.526. The second-order valence-corrected chi connectivity index (χ2v) is 5.97. The van der Waals surface area contributed by atoms with Crippen LogP contribution < -0.4 is 5.73 Å². The van der Waals surface area contributed by atoms with E-state index >= 15 is 0 Å². The summed E-state index contributed by atoms with van der Waals surface area (Å²) in [7, 11) is 0. The summed E-state index contributed by atoms with van der Waals surface area (Å²) in [5.41, 5.74) is 4.02. The first-order valence-electron chi connectivity index (χ1n) is 5.09. The van der Waals surface area contributed by atoms with Gasteiger partial charge in [0, 0.05) is 4.88 Å².